The fourth-order valence-corrected chi connectivity index (χ4v) is 3.13. The van der Waals surface area contributed by atoms with Crippen LogP contribution in [0.2, 0.25) is 0 Å². The Kier molecular flexibility index (Phi) is 3.43. The van der Waals surface area contributed by atoms with Crippen molar-refractivity contribution < 1.29 is 13.2 Å². The first kappa shape index (κ1) is 13.7. The monoisotopic (exact) mass is 301 g/mol. The summed E-state index contributed by atoms with van der Waals surface area (Å²) in [5.74, 6) is 1.15. The summed E-state index contributed by atoms with van der Waals surface area (Å²) >= 11 is 0. The van der Waals surface area contributed by atoms with E-state index in [2.05, 4.69) is 0 Å². The molecule has 4 nitrogen and oxygen atoms in total. The molecular weight excluding hydrogens is 286 g/mol. The number of ether oxygens (including phenoxy) is 1. The lowest BCUT2D eigenvalue weighted by Crippen LogP contribution is -2.36. The van der Waals surface area contributed by atoms with Crippen molar-refractivity contribution in [2.24, 2.45) is 0 Å². The van der Waals surface area contributed by atoms with Gasteiger partial charge in [-0.2, -0.15) is 0 Å². The summed E-state index contributed by atoms with van der Waals surface area (Å²) in [4.78, 5) is 0. The lowest BCUT2D eigenvalue weighted by molar-refractivity contribution is 0.409. The Morgan fingerprint density at radius 2 is 1.71 bits per heavy atom. The third kappa shape index (κ3) is 2.92. The Bertz CT molecular complexity index is 782. The number of rotatable bonds is 2. The Morgan fingerprint density at radius 1 is 1.05 bits per heavy atom. The van der Waals surface area contributed by atoms with E-state index >= 15 is 0 Å². The molecule has 0 N–H and O–H groups in total. The van der Waals surface area contributed by atoms with Gasteiger partial charge in [-0.15, -0.1) is 0 Å². The number of hydrogen-bond acceptors (Lipinski definition) is 3. The van der Waals surface area contributed by atoms with Crippen molar-refractivity contribution in [3.05, 3.63) is 65.9 Å². The average molecular weight is 301 g/mol. The molecule has 21 heavy (non-hydrogen) atoms. The minimum atomic E-state index is -3.35. The molecule has 1 aliphatic heterocycles. The fourth-order valence-electron chi connectivity index (χ4n) is 2.26. The summed E-state index contributed by atoms with van der Waals surface area (Å²) in [6, 6.07) is 16.8. The van der Waals surface area contributed by atoms with E-state index in [1.807, 2.05) is 42.5 Å². The highest BCUT2D eigenvalue weighted by Gasteiger charge is 2.27. The zero-order valence-corrected chi connectivity index (χ0v) is 12.4. The molecule has 0 saturated carbocycles. The first-order valence-electron chi connectivity index (χ1n) is 6.54. The van der Waals surface area contributed by atoms with Crippen LogP contribution in [-0.2, 0) is 10.0 Å². The van der Waals surface area contributed by atoms with Gasteiger partial charge < -0.3 is 4.74 Å². The van der Waals surface area contributed by atoms with E-state index in [0.717, 1.165) is 5.56 Å². The molecule has 1 aliphatic rings. The van der Waals surface area contributed by atoms with Crippen LogP contribution in [0.4, 0.5) is 5.69 Å². The summed E-state index contributed by atoms with van der Waals surface area (Å²) in [6.07, 6.45) is 3.06. The van der Waals surface area contributed by atoms with E-state index < -0.39 is 10.0 Å². The molecule has 108 valence electrons. The quantitative estimate of drug-likeness (QED) is 0.857. The summed E-state index contributed by atoms with van der Waals surface area (Å²) in [6.45, 7) is 0.199. The maximum absolute atomic E-state index is 12.0. The van der Waals surface area contributed by atoms with Crippen molar-refractivity contribution in [1.29, 1.82) is 0 Å². The smallest absolute Gasteiger partial charge is 0.232 e. The van der Waals surface area contributed by atoms with Gasteiger partial charge in [0.2, 0.25) is 10.0 Å². The van der Waals surface area contributed by atoms with Crippen LogP contribution in [0.1, 0.15) is 5.56 Å². The topological polar surface area (TPSA) is 46.6 Å². The first-order valence-corrected chi connectivity index (χ1v) is 8.39. The van der Waals surface area contributed by atoms with Crippen LogP contribution < -0.4 is 9.04 Å². The molecule has 0 atom stereocenters. The van der Waals surface area contributed by atoms with Crippen LogP contribution in [0.3, 0.4) is 0 Å². The predicted octanol–water partition coefficient (Wildman–Crippen LogP) is 2.89. The predicted molar refractivity (Wildman–Crippen MR) is 83.7 cm³/mol. The van der Waals surface area contributed by atoms with E-state index in [4.69, 9.17) is 4.74 Å². The van der Waals surface area contributed by atoms with Crippen molar-refractivity contribution in [1.82, 2.24) is 0 Å². The van der Waals surface area contributed by atoms with Crippen LogP contribution in [0.15, 0.2) is 60.4 Å². The Balaban J connectivity index is 2.04. The Labute approximate surface area is 124 Å². The molecule has 0 spiro atoms. The van der Waals surface area contributed by atoms with Crippen LogP contribution in [0.25, 0.3) is 6.08 Å². The minimum Gasteiger partial charge on any atom is -0.458 e. The highest BCUT2D eigenvalue weighted by molar-refractivity contribution is 7.92. The molecule has 0 radical (unpaired) electrons. The van der Waals surface area contributed by atoms with Gasteiger partial charge in [-0.1, -0.05) is 42.5 Å². The van der Waals surface area contributed by atoms with Gasteiger partial charge in [0, 0.05) is 0 Å². The van der Waals surface area contributed by atoms with Crippen molar-refractivity contribution in [2.75, 3.05) is 17.1 Å². The van der Waals surface area contributed by atoms with Gasteiger partial charge >= 0.3 is 0 Å². The van der Waals surface area contributed by atoms with Crippen molar-refractivity contribution >= 4 is 21.8 Å². The van der Waals surface area contributed by atoms with Gasteiger partial charge in [0.1, 0.15) is 5.76 Å². The van der Waals surface area contributed by atoms with E-state index in [-0.39, 0.29) is 6.54 Å². The van der Waals surface area contributed by atoms with Crippen LogP contribution >= 0.6 is 0 Å². The second kappa shape index (κ2) is 5.26. The second-order valence-corrected chi connectivity index (χ2v) is 6.77. The van der Waals surface area contributed by atoms with Crippen LogP contribution in [0, 0.1) is 0 Å². The number of hydrogen-bond donors (Lipinski definition) is 0. The normalized spacial score (nSPS) is 16.4. The molecule has 2 aromatic rings. The van der Waals surface area contributed by atoms with Crippen molar-refractivity contribution in [2.45, 2.75) is 0 Å². The molecule has 1 heterocycles. The zero-order chi connectivity index (χ0) is 14.9. The largest absolute Gasteiger partial charge is 0.458 e. The number of benzene rings is 2. The third-order valence-corrected chi connectivity index (χ3v) is 4.33. The van der Waals surface area contributed by atoms with Crippen LogP contribution in [0.5, 0.6) is 5.75 Å². The number of para-hydroxylation sites is 2. The average Bonchev–Trinajstić information content (AvgIpc) is 2.46. The number of nitrogens with zero attached hydrogens (tertiary/aromatic N) is 1. The highest BCUT2D eigenvalue weighted by Crippen LogP contribution is 2.36. The minimum absolute atomic E-state index is 0.199. The summed E-state index contributed by atoms with van der Waals surface area (Å²) in [5, 5.41) is 0. The Morgan fingerprint density at radius 3 is 2.43 bits per heavy atom. The molecule has 2 aromatic carbocycles. The van der Waals surface area contributed by atoms with E-state index in [0.29, 0.717) is 17.2 Å². The molecule has 0 aliphatic carbocycles. The number of sulfonamides is 1. The first-order chi connectivity index (χ1) is 10.0. The lowest BCUT2D eigenvalue weighted by atomic mass is 10.2. The van der Waals surface area contributed by atoms with Crippen LogP contribution in [-0.4, -0.2) is 21.2 Å². The standard InChI is InChI=1S/C16H15NO3S/c1-21(18,19)17-12-14(11-13-7-3-2-4-8-13)20-16-10-6-5-9-15(16)17/h2-11H,12H2,1H3/b14-11+. The third-order valence-electron chi connectivity index (χ3n) is 3.20. The molecule has 0 unspecified atom stereocenters. The highest BCUT2D eigenvalue weighted by atomic mass is 32.2. The maximum Gasteiger partial charge on any atom is 0.232 e. The van der Waals surface area contributed by atoms with Gasteiger partial charge in [-0.3, -0.25) is 4.31 Å². The van der Waals surface area contributed by atoms with Gasteiger partial charge in [0.05, 0.1) is 18.5 Å². The maximum atomic E-state index is 12.0. The molecule has 3 rings (SSSR count). The van der Waals surface area contributed by atoms with Crippen molar-refractivity contribution in [3.8, 4) is 5.75 Å². The molecule has 0 saturated heterocycles. The summed E-state index contributed by atoms with van der Waals surface area (Å²) < 4.78 is 31.2. The summed E-state index contributed by atoms with van der Waals surface area (Å²) in [7, 11) is -3.35. The number of fused-ring (bicyclic) bond motifs is 1. The van der Waals surface area contributed by atoms with Gasteiger partial charge in [-0.05, 0) is 23.8 Å². The molecule has 0 aromatic heterocycles. The lowest BCUT2D eigenvalue weighted by Gasteiger charge is -2.30. The second-order valence-electron chi connectivity index (χ2n) is 4.86. The molecule has 0 fully saturated rings. The zero-order valence-electron chi connectivity index (χ0n) is 11.6. The van der Waals surface area contributed by atoms with Gasteiger partial charge in [0.15, 0.2) is 5.75 Å². The van der Waals surface area contributed by atoms with Gasteiger partial charge in [-0.25, -0.2) is 8.42 Å². The molecule has 0 amide bonds. The molecule has 5 heteroatoms. The number of anilines is 1. The summed E-state index contributed by atoms with van der Waals surface area (Å²) in [5.41, 5.74) is 1.55. The van der Waals surface area contributed by atoms with E-state index in [1.165, 1.54) is 10.6 Å². The fraction of sp³-hybridized carbons (Fsp3) is 0.125. The van der Waals surface area contributed by atoms with E-state index in [1.54, 1.807) is 18.2 Å². The van der Waals surface area contributed by atoms with E-state index in [9.17, 15) is 8.42 Å². The Hall–Kier alpha value is -2.27. The molecular formula is C16H15NO3S. The van der Waals surface area contributed by atoms with Crippen molar-refractivity contribution in [3.63, 3.8) is 0 Å². The SMILES string of the molecule is CS(=O)(=O)N1C/C(=C\c2ccccc2)Oc2ccccc21. The molecule has 0 bridgehead atoms. The van der Waals surface area contributed by atoms with Gasteiger partial charge in [0.25, 0.3) is 0 Å².